The summed E-state index contributed by atoms with van der Waals surface area (Å²) in [5.74, 6) is -0.264. The maximum absolute atomic E-state index is 12.7. The Bertz CT molecular complexity index is 602. The molecule has 7 nitrogen and oxygen atoms in total. The number of hydrogen-bond donors (Lipinski definition) is 2. The number of anilines is 2. The van der Waals surface area contributed by atoms with Crippen LogP contribution in [0.15, 0.2) is 12.7 Å². The second kappa shape index (κ2) is 7.93. The molecule has 0 spiro atoms. The van der Waals surface area contributed by atoms with Crippen LogP contribution >= 0.6 is 0 Å². The standard InChI is InChI=1S/C13H16F6N6O/c1-2-3-21-9-22-10(25-6-4-20-5-7-25)24-11(23-9)26-8(12(14,15)16)13(17,18)19/h2,8,20H,1,3-7H2,(H,21,22,23,24)/p+1. The summed E-state index contributed by atoms with van der Waals surface area (Å²) in [6, 6.07) is -1.06. The van der Waals surface area contributed by atoms with Crippen LogP contribution in [0, 0.1) is 0 Å². The second-order valence-corrected chi connectivity index (χ2v) is 5.35. The molecule has 1 saturated heterocycles. The molecular formula is C13H17F6N6O+. The summed E-state index contributed by atoms with van der Waals surface area (Å²) in [7, 11) is 0. The number of rotatable bonds is 6. The molecule has 26 heavy (non-hydrogen) atoms. The zero-order valence-corrected chi connectivity index (χ0v) is 13.4. The molecule has 146 valence electrons. The molecule has 0 saturated carbocycles. The van der Waals surface area contributed by atoms with Gasteiger partial charge in [0.1, 0.15) is 0 Å². The molecule has 0 radical (unpaired) electrons. The molecule has 0 amide bonds. The monoisotopic (exact) mass is 387 g/mol. The molecule has 3 N–H and O–H groups in total. The van der Waals surface area contributed by atoms with Crippen LogP contribution in [-0.2, 0) is 0 Å². The molecular weight excluding hydrogens is 370 g/mol. The average Bonchev–Trinajstić information content (AvgIpc) is 2.56. The molecule has 2 heterocycles. The van der Waals surface area contributed by atoms with Crippen LogP contribution in [-0.4, -0.2) is 66.1 Å². The lowest BCUT2D eigenvalue weighted by Gasteiger charge is -2.26. The highest BCUT2D eigenvalue weighted by molar-refractivity contribution is 5.39. The van der Waals surface area contributed by atoms with Crippen molar-refractivity contribution in [1.82, 2.24) is 15.0 Å². The topological polar surface area (TPSA) is 79.8 Å². The lowest BCUT2D eigenvalue weighted by atomic mass is 10.3. The maximum Gasteiger partial charge on any atom is 0.434 e. The molecule has 0 unspecified atom stereocenters. The molecule has 0 bridgehead atoms. The summed E-state index contributed by atoms with van der Waals surface area (Å²) in [6.45, 7) is 5.93. The Kier molecular flexibility index (Phi) is 6.10. The van der Waals surface area contributed by atoms with Crippen molar-refractivity contribution in [3.8, 4) is 6.01 Å². The van der Waals surface area contributed by atoms with E-state index in [1.807, 2.05) is 5.32 Å². The fraction of sp³-hybridized carbons (Fsp3) is 0.615. The van der Waals surface area contributed by atoms with Crippen molar-refractivity contribution in [2.45, 2.75) is 18.5 Å². The fourth-order valence-corrected chi connectivity index (χ4v) is 2.16. The zero-order chi connectivity index (χ0) is 19.4. The minimum absolute atomic E-state index is 0.0576. The van der Waals surface area contributed by atoms with Crippen molar-refractivity contribution in [3.63, 3.8) is 0 Å². The Hall–Kier alpha value is -2.31. The van der Waals surface area contributed by atoms with Crippen LogP contribution in [0.4, 0.5) is 38.2 Å². The van der Waals surface area contributed by atoms with Gasteiger partial charge in [-0.25, -0.2) is 0 Å². The number of nitrogens with one attached hydrogen (secondary N) is 1. The van der Waals surface area contributed by atoms with Gasteiger partial charge in [-0.05, 0) is 0 Å². The highest BCUT2D eigenvalue weighted by Gasteiger charge is 2.59. The number of quaternary nitrogens is 1. The predicted molar refractivity (Wildman–Crippen MR) is 78.9 cm³/mol. The first-order valence-electron chi connectivity index (χ1n) is 7.59. The summed E-state index contributed by atoms with van der Waals surface area (Å²) < 4.78 is 80.3. The molecule has 2 rings (SSSR count). The SMILES string of the molecule is C=CCNc1nc(OC(C(F)(F)F)C(F)(F)F)nc(N2CC[NH2+]CC2)n1. The van der Waals surface area contributed by atoms with Crippen LogP contribution in [0.25, 0.3) is 0 Å². The van der Waals surface area contributed by atoms with E-state index < -0.39 is 24.5 Å². The number of ether oxygens (including phenoxy) is 1. The number of hydrogen-bond acceptors (Lipinski definition) is 6. The van der Waals surface area contributed by atoms with Gasteiger partial charge in [0.2, 0.25) is 11.9 Å². The van der Waals surface area contributed by atoms with E-state index in [1.54, 1.807) is 4.90 Å². The van der Waals surface area contributed by atoms with Gasteiger partial charge in [-0.15, -0.1) is 6.58 Å². The van der Waals surface area contributed by atoms with E-state index in [0.29, 0.717) is 26.2 Å². The summed E-state index contributed by atoms with van der Waals surface area (Å²) >= 11 is 0. The van der Waals surface area contributed by atoms with Crippen LogP contribution < -0.4 is 20.3 Å². The van der Waals surface area contributed by atoms with Crippen molar-refractivity contribution in [2.24, 2.45) is 0 Å². The Labute approximate surface area is 144 Å². The minimum Gasteiger partial charge on any atom is -0.440 e. The smallest absolute Gasteiger partial charge is 0.434 e. The summed E-state index contributed by atoms with van der Waals surface area (Å²) in [4.78, 5) is 12.8. The van der Waals surface area contributed by atoms with Gasteiger partial charge in [-0.1, -0.05) is 6.08 Å². The van der Waals surface area contributed by atoms with E-state index in [0.717, 1.165) is 0 Å². The summed E-state index contributed by atoms with van der Waals surface area (Å²) in [6.07, 6.45) is -13.9. The molecule has 0 aliphatic carbocycles. The first-order chi connectivity index (χ1) is 12.1. The Morgan fingerprint density at radius 1 is 1.12 bits per heavy atom. The van der Waals surface area contributed by atoms with Crippen molar-refractivity contribution < 1.29 is 36.4 Å². The number of aromatic nitrogens is 3. The van der Waals surface area contributed by atoms with Crippen LogP contribution in [0.1, 0.15) is 0 Å². The molecule has 13 heteroatoms. The Morgan fingerprint density at radius 2 is 1.73 bits per heavy atom. The van der Waals surface area contributed by atoms with Gasteiger partial charge in [0, 0.05) is 6.54 Å². The van der Waals surface area contributed by atoms with Gasteiger partial charge >= 0.3 is 18.4 Å². The lowest BCUT2D eigenvalue weighted by molar-refractivity contribution is -0.655. The summed E-state index contributed by atoms with van der Waals surface area (Å²) in [5.41, 5.74) is 0. The van der Waals surface area contributed by atoms with E-state index in [9.17, 15) is 26.3 Å². The molecule has 1 aliphatic heterocycles. The van der Waals surface area contributed by atoms with Crippen LogP contribution in [0.3, 0.4) is 0 Å². The van der Waals surface area contributed by atoms with Gasteiger partial charge in [0.25, 0.3) is 6.10 Å². The largest absolute Gasteiger partial charge is 0.440 e. The zero-order valence-electron chi connectivity index (χ0n) is 13.4. The lowest BCUT2D eigenvalue weighted by Crippen LogP contribution is -2.89. The van der Waals surface area contributed by atoms with Crippen molar-refractivity contribution in [1.29, 1.82) is 0 Å². The predicted octanol–water partition coefficient (Wildman–Crippen LogP) is 0.725. The quantitative estimate of drug-likeness (QED) is 0.553. The van der Waals surface area contributed by atoms with E-state index in [2.05, 4.69) is 31.6 Å². The Morgan fingerprint density at radius 3 is 2.27 bits per heavy atom. The molecule has 0 aromatic carbocycles. The number of halogens is 6. The number of nitrogens with two attached hydrogens (primary N) is 1. The van der Waals surface area contributed by atoms with Crippen molar-refractivity contribution >= 4 is 11.9 Å². The van der Waals surface area contributed by atoms with E-state index >= 15 is 0 Å². The molecule has 1 fully saturated rings. The average molecular weight is 387 g/mol. The third kappa shape index (κ3) is 5.34. The summed E-state index contributed by atoms with van der Waals surface area (Å²) in [5, 5.41) is 4.62. The second-order valence-electron chi connectivity index (χ2n) is 5.35. The molecule has 1 aliphatic rings. The number of piperazine rings is 1. The normalized spacial score (nSPS) is 15.9. The van der Waals surface area contributed by atoms with Gasteiger partial charge in [0.15, 0.2) is 0 Å². The van der Waals surface area contributed by atoms with Crippen LogP contribution in [0.5, 0.6) is 6.01 Å². The third-order valence-corrected chi connectivity index (χ3v) is 3.31. The van der Waals surface area contributed by atoms with Gasteiger partial charge in [-0.2, -0.15) is 41.3 Å². The molecule has 0 atom stereocenters. The number of nitrogens with zero attached hydrogens (tertiary/aromatic N) is 4. The fourth-order valence-electron chi connectivity index (χ4n) is 2.16. The highest BCUT2D eigenvalue weighted by Crippen LogP contribution is 2.36. The van der Waals surface area contributed by atoms with E-state index in [4.69, 9.17) is 0 Å². The van der Waals surface area contributed by atoms with Gasteiger partial charge in [0.05, 0.1) is 26.2 Å². The van der Waals surface area contributed by atoms with Crippen LogP contribution in [0.2, 0.25) is 0 Å². The first kappa shape index (κ1) is 20.0. The highest BCUT2D eigenvalue weighted by atomic mass is 19.4. The van der Waals surface area contributed by atoms with E-state index in [1.165, 1.54) is 6.08 Å². The van der Waals surface area contributed by atoms with E-state index in [-0.39, 0.29) is 18.4 Å². The molecule has 1 aromatic rings. The van der Waals surface area contributed by atoms with Crippen molar-refractivity contribution in [2.75, 3.05) is 42.9 Å². The van der Waals surface area contributed by atoms with Crippen molar-refractivity contribution in [3.05, 3.63) is 12.7 Å². The first-order valence-corrected chi connectivity index (χ1v) is 7.59. The maximum atomic E-state index is 12.7. The third-order valence-electron chi connectivity index (χ3n) is 3.31. The number of alkyl halides is 6. The van der Waals surface area contributed by atoms with Gasteiger partial charge in [-0.3, -0.25) is 0 Å². The molecule has 1 aromatic heterocycles. The van der Waals surface area contributed by atoms with Gasteiger partial charge < -0.3 is 20.3 Å². The minimum atomic E-state index is -5.67. The Balaban J connectivity index is 2.34.